The van der Waals surface area contributed by atoms with Gasteiger partial charge < -0.3 is 19.8 Å². The van der Waals surface area contributed by atoms with Crippen LogP contribution in [0.4, 0.5) is 0 Å². The van der Waals surface area contributed by atoms with Crippen LogP contribution in [0.5, 0.6) is 0 Å². The summed E-state index contributed by atoms with van der Waals surface area (Å²) in [5, 5.41) is 11.9. The predicted molar refractivity (Wildman–Crippen MR) is 37.2 cm³/mol. The van der Waals surface area contributed by atoms with Gasteiger partial charge >= 0.3 is 37.7 Å². The third-order valence-corrected chi connectivity index (χ3v) is 1.77. The van der Waals surface area contributed by atoms with Gasteiger partial charge in [0.25, 0.3) is 0 Å². The number of rotatable bonds is 4. The van der Waals surface area contributed by atoms with E-state index in [4.69, 9.17) is 0 Å². The number of nitrogens with one attached hydrogen (secondary N) is 1. The molecule has 0 bridgehead atoms. The van der Waals surface area contributed by atoms with Crippen molar-refractivity contribution >= 4 is 22.0 Å². The van der Waals surface area contributed by atoms with Crippen LogP contribution in [-0.2, 0) is 19.7 Å². The molecule has 0 aromatic heterocycles. The zero-order valence-electron chi connectivity index (χ0n) is 8.64. The fraction of sp³-hybridized carbons (Fsp3) is 0.600. The van der Waals surface area contributed by atoms with E-state index in [-0.39, 0.29) is 37.7 Å². The van der Waals surface area contributed by atoms with E-state index in [0.717, 1.165) is 6.92 Å². The third kappa shape index (κ3) is 12.0. The molecule has 1 amide bonds. The molecule has 0 heterocycles. The monoisotopic (exact) mass is 223 g/mol. The van der Waals surface area contributed by atoms with Crippen molar-refractivity contribution in [3.8, 4) is 0 Å². The molecule has 0 rings (SSSR count). The van der Waals surface area contributed by atoms with Crippen molar-refractivity contribution in [1.82, 2.24) is 5.32 Å². The molecule has 0 aliphatic heterocycles. The summed E-state index contributed by atoms with van der Waals surface area (Å²) < 4.78 is 30.4. The Hall–Kier alpha value is 0.0448. The van der Waals surface area contributed by atoms with E-state index in [2.05, 4.69) is 0 Å². The maximum atomic E-state index is 10.3. The van der Waals surface area contributed by atoms with E-state index >= 15 is 0 Å². The average Bonchev–Trinajstić information content (AvgIpc) is 1.81. The topological polar surface area (TPSA) is 126 Å². The summed E-state index contributed by atoms with van der Waals surface area (Å²) in [6.07, 6.45) is 0. The number of hydrogen-bond donors (Lipinski definition) is 1. The standard InChI is InChI=1S/C5H9NO6S.2Li/c1-3(7)6-4(5(8)9)2-13(10,11)12;;/h4H,2H2,1H3,(H,6,7)(H,8,9)(H,10,11,12);;/q;2*+1/p-2. The Morgan fingerprint density at radius 3 is 1.93 bits per heavy atom. The zero-order valence-corrected chi connectivity index (χ0v) is 9.46. The minimum atomic E-state index is -4.70. The maximum absolute atomic E-state index is 10.3. The first-order chi connectivity index (χ1) is 5.72. The molecule has 0 saturated heterocycles. The van der Waals surface area contributed by atoms with Gasteiger partial charge in [0, 0.05) is 6.92 Å². The SMILES string of the molecule is CC(=O)NC(CS(=O)(=O)[O-])C(=O)[O-].[Li+].[Li+]. The van der Waals surface area contributed by atoms with Crippen LogP contribution in [0.3, 0.4) is 0 Å². The average molecular weight is 223 g/mol. The van der Waals surface area contributed by atoms with E-state index in [1.165, 1.54) is 0 Å². The molecule has 0 fully saturated rings. The third-order valence-electron chi connectivity index (χ3n) is 1.03. The van der Waals surface area contributed by atoms with E-state index in [1.54, 1.807) is 5.32 Å². The number of carbonyl (C=O) groups excluding carboxylic acids is 2. The maximum Gasteiger partial charge on any atom is 1.00 e. The van der Waals surface area contributed by atoms with Crippen molar-refractivity contribution in [1.29, 1.82) is 0 Å². The molecule has 15 heavy (non-hydrogen) atoms. The summed E-state index contributed by atoms with van der Waals surface area (Å²) in [4.78, 5) is 20.5. The Kier molecular flexibility index (Phi) is 11.2. The summed E-state index contributed by atoms with van der Waals surface area (Å²) >= 11 is 0. The molecule has 7 nitrogen and oxygen atoms in total. The van der Waals surface area contributed by atoms with Gasteiger partial charge in [-0.1, -0.05) is 0 Å². The molecule has 76 valence electrons. The van der Waals surface area contributed by atoms with Crippen molar-refractivity contribution in [2.45, 2.75) is 13.0 Å². The summed E-state index contributed by atoms with van der Waals surface area (Å²) in [6, 6.07) is -1.79. The Balaban J connectivity index is -0.000000720. The first kappa shape index (κ1) is 20.5. The van der Waals surface area contributed by atoms with Crippen LogP contribution in [0, 0.1) is 0 Å². The molecule has 1 atom stereocenters. The van der Waals surface area contributed by atoms with Gasteiger partial charge in [0.1, 0.15) is 0 Å². The Labute approximate surface area is 111 Å². The van der Waals surface area contributed by atoms with E-state index in [9.17, 15) is 27.7 Å². The van der Waals surface area contributed by atoms with Crippen LogP contribution in [0.25, 0.3) is 0 Å². The van der Waals surface area contributed by atoms with Crippen LogP contribution in [-0.4, -0.2) is 36.6 Å². The summed E-state index contributed by atoms with van der Waals surface area (Å²) in [7, 11) is -4.70. The second kappa shape index (κ2) is 8.23. The van der Waals surface area contributed by atoms with Crippen LogP contribution >= 0.6 is 0 Å². The molecule has 0 saturated carbocycles. The van der Waals surface area contributed by atoms with Crippen molar-refractivity contribution in [2.24, 2.45) is 0 Å². The smallest absolute Gasteiger partial charge is 0.748 e. The molecule has 1 N–H and O–H groups in total. The Bertz CT molecular complexity index is 315. The number of carbonyl (C=O) groups is 2. The number of amides is 1. The Morgan fingerprint density at radius 2 is 1.73 bits per heavy atom. The molecule has 10 heteroatoms. The second-order valence-electron chi connectivity index (χ2n) is 2.30. The summed E-state index contributed by atoms with van der Waals surface area (Å²) in [6.45, 7) is 0.993. The molecule has 0 spiro atoms. The van der Waals surface area contributed by atoms with Gasteiger partial charge in [-0.25, -0.2) is 8.42 Å². The molecular weight excluding hydrogens is 216 g/mol. The second-order valence-corrected chi connectivity index (χ2v) is 3.75. The van der Waals surface area contributed by atoms with Crippen LogP contribution in [0.2, 0.25) is 0 Å². The van der Waals surface area contributed by atoms with Crippen molar-refractivity contribution in [3.63, 3.8) is 0 Å². The number of aliphatic carboxylic acids is 1. The molecular formula is C5H7Li2NO6S. The van der Waals surface area contributed by atoms with Gasteiger partial charge in [-0.05, 0) is 0 Å². The number of carboxylic acids is 1. The summed E-state index contributed by atoms with van der Waals surface area (Å²) in [5.41, 5.74) is 0. The quantitative estimate of drug-likeness (QED) is 0.372. The van der Waals surface area contributed by atoms with Crippen LogP contribution in [0.1, 0.15) is 6.92 Å². The van der Waals surface area contributed by atoms with Crippen molar-refractivity contribution in [2.75, 3.05) is 5.75 Å². The summed E-state index contributed by atoms with van der Waals surface area (Å²) in [5.74, 6) is -3.78. The zero-order chi connectivity index (χ0) is 10.6. The van der Waals surface area contributed by atoms with Gasteiger partial charge in [0.2, 0.25) is 5.91 Å². The minimum absolute atomic E-state index is 0. The van der Waals surface area contributed by atoms with Gasteiger partial charge in [0.15, 0.2) is 0 Å². The number of carboxylic acid groups (broad SMARTS) is 1. The molecule has 0 radical (unpaired) electrons. The molecule has 0 aromatic carbocycles. The van der Waals surface area contributed by atoms with Gasteiger partial charge in [0.05, 0.1) is 27.9 Å². The molecule has 0 aliphatic carbocycles. The molecule has 0 aliphatic rings. The van der Waals surface area contributed by atoms with Gasteiger partial charge in [-0.3, -0.25) is 4.79 Å². The number of hydrogen-bond acceptors (Lipinski definition) is 6. The Morgan fingerprint density at radius 1 is 1.33 bits per heavy atom. The molecule has 1 unspecified atom stereocenters. The van der Waals surface area contributed by atoms with Crippen molar-refractivity contribution in [3.05, 3.63) is 0 Å². The molecule has 0 aromatic rings. The van der Waals surface area contributed by atoms with Crippen LogP contribution in [0.15, 0.2) is 0 Å². The first-order valence-corrected chi connectivity index (χ1v) is 4.71. The largest absolute Gasteiger partial charge is 1.00 e. The van der Waals surface area contributed by atoms with E-state index < -0.39 is 33.8 Å². The van der Waals surface area contributed by atoms with E-state index in [0.29, 0.717) is 0 Å². The van der Waals surface area contributed by atoms with Crippen LogP contribution < -0.4 is 48.1 Å². The predicted octanol–water partition coefficient (Wildman–Crippen LogP) is -9.21. The van der Waals surface area contributed by atoms with Gasteiger partial charge in [-0.15, -0.1) is 0 Å². The van der Waals surface area contributed by atoms with E-state index in [1.807, 2.05) is 0 Å². The normalized spacial score (nSPS) is 11.6. The van der Waals surface area contributed by atoms with Crippen molar-refractivity contribution < 1.29 is 65.4 Å². The first-order valence-electron chi connectivity index (χ1n) is 3.14. The fourth-order valence-electron chi connectivity index (χ4n) is 0.618. The fourth-order valence-corrected chi connectivity index (χ4v) is 1.25. The minimum Gasteiger partial charge on any atom is -0.748 e. The van der Waals surface area contributed by atoms with Gasteiger partial charge in [-0.2, -0.15) is 0 Å².